The third-order valence-corrected chi connectivity index (χ3v) is 6.46. The Hall–Kier alpha value is -0.360. The van der Waals surface area contributed by atoms with E-state index in [2.05, 4.69) is 45.4 Å². The Labute approximate surface area is 176 Å². The third-order valence-electron chi connectivity index (χ3n) is 6.46. The van der Waals surface area contributed by atoms with Crippen LogP contribution in [0.2, 0.25) is 0 Å². The second-order valence-electron chi connectivity index (χ2n) is 8.04. The van der Waals surface area contributed by atoms with E-state index in [0.717, 1.165) is 25.7 Å². The minimum atomic E-state index is 0. The average Bonchev–Trinajstić information content (AvgIpc) is 2.68. The number of hydrogen-bond donors (Lipinski definition) is 1. The van der Waals surface area contributed by atoms with E-state index < -0.39 is 0 Å². The van der Waals surface area contributed by atoms with Gasteiger partial charge >= 0.3 is 0 Å². The number of rotatable bonds is 4. The Bertz CT molecular complexity index is 526. The summed E-state index contributed by atoms with van der Waals surface area (Å²) < 4.78 is 6.26. The number of piperidine rings is 1. The van der Waals surface area contributed by atoms with Crippen LogP contribution in [0.15, 0.2) is 30.3 Å². The SMILES string of the molecule is Cl.Cl.c1ccc(CCN2CCN(C3CCOC4(CCNCC4)C3)CC2)cc1. The first kappa shape index (κ1) is 22.9. The molecule has 1 atom stereocenters. The first-order chi connectivity index (χ1) is 12.3. The van der Waals surface area contributed by atoms with Crippen LogP contribution in [0.4, 0.5) is 0 Å². The fourth-order valence-electron chi connectivity index (χ4n) is 4.83. The van der Waals surface area contributed by atoms with Crippen molar-refractivity contribution >= 4 is 24.8 Å². The van der Waals surface area contributed by atoms with Crippen molar-refractivity contribution in [3.8, 4) is 0 Å². The zero-order chi connectivity index (χ0) is 17.0. The summed E-state index contributed by atoms with van der Waals surface area (Å²) in [6.45, 7) is 9.30. The minimum Gasteiger partial charge on any atom is -0.375 e. The molecule has 0 radical (unpaired) electrons. The maximum absolute atomic E-state index is 6.26. The topological polar surface area (TPSA) is 27.7 Å². The molecule has 3 aliphatic heterocycles. The van der Waals surface area contributed by atoms with Gasteiger partial charge in [0.1, 0.15) is 0 Å². The standard InChI is InChI=1S/C21H33N3O.2ClH/c1-2-4-19(5-3-1)6-12-23-13-15-24(16-14-23)20-7-17-25-21(18-20)8-10-22-11-9-21;;/h1-5,20,22H,6-18H2;2*1H. The molecule has 0 aliphatic carbocycles. The molecule has 0 aromatic heterocycles. The van der Waals surface area contributed by atoms with Gasteiger partial charge in [-0.05, 0) is 50.8 Å². The molecule has 3 fully saturated rings. The first-order valence-corrected chi connectivity index (χ1v) is 10.2. The normalized spacial score (nSPS) is 26.1. The molecular weight excluding hydrogens is 381 g/mol. The fourth-order valence-corrected chi connectivity index (χ4v) is 4.83. The van der Waals surface area contributed by atoms with Gasteiger partial charge in [-0.3, -0.25) is 4.90 Å². The molecular formula is C21H35Cl2N3O. The van der Waals surface area contributed by atoms with Gasteiger partial charge in [-0.15, -0.1) is 24.8 Å². The Kier molecular flexibility index (Phi) is 9.33. The van der Waals surface area contributed by atoms with E-state index in [0.29, 0.717) is 0 Å². The molecule has 1 aromatic rings. The van der Waals surface area contributed by atoms with E-state index in [-0.39, 0.29) is 30.4 Å². The maximum Gasteiger partial charge on any atom is 0.0721 e. The van der Waals surface area contributed by atoms with Crippen molar-refractivity contribution in [3.63, 3.8) is 0 Å². The van der Waals surface area contributed by atoms with E-state index in [9.17, 15) is 0 Å². The molecule has 1 spiro atoms. The molecule has 1 N–H and O–H groups in total. The van der Waals surface area contributed by atoms with E-state index >= 15 is 0 Å². The Morgan fingerprint density at radius 2 is 1.70 bits per heavy atom. The number of ether oxygens (including phenoxy) is 1. The zero-order valence-corrected chi connectivity index (χ0v) is 17.9. The van der Waals surface area contributed by atoms with Crippen molar-refractivity contribution in [3.05, 3.63) is 35.9 Å². The van der Waals surface area contributed by atoms with Gasteiger partial charge < -0.3 is 15.0 Å². The molecule has 1 aromatic carbocycles. The molecule has 1 unspecified atom stereocenters. The summed E-state index contributed by atoms with van der Waals surface area (Å²) in [6, 6.07) is 11.6. The maximum atomic E-state index is 6.26. The molecule has 3 saturated heterocycles. The molecule has 6 heteroatoms. The van der Waals surface area contributed by atoms with Gasteiger partial charge in [0.05, 0.1) is 5.60 Å². The zero-order valence-electron chi connectivity index (χ0n) is 16.3. The van der Waals surface area contributed by atoms with Crippen molar-refractivity contribution in [1.82, 2.24) is 15.1 Å². The number of nitrogens with zero attached hydrogens (tertiary/aromatic N) is 2. The minimum absolute atomic E-state index is 0. The summed E-state index contributed by atoms with van der Waals surface area (Å²) in [5.74, 6) is 0. The van der Waals surface area contributed by atoms with E-state index in [1.807, 2.05) is 0 Å². The van der Waals surface area contributed by atoms with Crippen LogP contribution in [0.5, 0.6) is 0 Å². The summed E-state index contributed by atoms with van der Waals surface area (Å²) in [4.78, 5) is 5.40. The lowest BCUT2D eigenvalue weighted by molar-refractivity contribution is -0.123. The number of hydrogen-bond acceptors (Lipinski definition) is 4. The Morgan fingerprint density at radius 3 is 2.41 bits per heavy atom. The summed E-state index contributed by atoms with van der Waals surface area (Å²) in [7, 11) is 0. The average molecular weight is 416 g/mol. The van der Waals surface area contributed by atoms with Crippen molar-refractivity contribution in [2.45, 2.75) is 43.7 Å². The van der Waals surface area contributed by atoms with E-state index in [1.54, 1.807) is 0 Å². The summed E-state index contributed by atoms with van der Waals surface area (Å²) in [6.07, 6.45) is 6.03. The fraction of sp³-hybridized carbons (Fsp3) is 0.714. The van der Waals surface area contributed by atoms with Gasteiger partial charge in [-0.1, -0.05) is 30.3 Å². The van der Waals surface area contributed by atoms with Gasteiger partial charge in [-0.25, -0.2) is 0 Å². The predicted molar refractivity (Wildman–Crippen MR) is 116 cm³/mol. The van der Waals surface area contributed by atoms with Crippen LogP contribution in [-0.2, 0) is 11.2 Å². The second kappa shape index (κ2) is 11.0. The smallest absolute Gasteiger partial charge is 0.0721 e. The van der Waals surface area contributed by atoms with Crippen LogP contribution in [0.25, 0.3) is 0 Å². The monoisotopic (exact) mass is 415 g/mol. The summed E-state index contributed by atoms with van der Waals surface area (Å²) in [5.41, 5.74) is 1.64. The first-order valence-electron chi connectivity index (χ1n) is 10.2. The molecule has 0 amide bonds. The highest BCUT2D eigenvalue weighted by Gasteiger charge is 2.40. The van der Waals surface area contributed by atoms with Crippen LogP contribution in [-0.4, -0.2) is 73.9 Å². The lowest BCUT2D eigenvalue weighted by atomic mass is 9.82. The molecule has 4 rings (SSSR count). The van der Waals surface area contributed by atoms with Gasteiger partial charge in [0.15, 0.2) is 0 Å². The second-order valence-corrected chi connectivity index (χ2v) is 8.04. The molecule has 27 heavy (non-hydrogen) atoms. The third kappa shape index (κ3) is 6.06. The highest BCUT2D eigenvalue weighted by atomic mass is 35.5. The predicted octanol–water partition coefficient (Wildman–Crippen LogP) is 2.99. The van der Waals surface area contributed by atoms with Crippen molar-refractivity contribution < 1.29 is 4.74 Å². The molecule has 154 valence electrons. The number of nitrogens with one attached hydrogen (secondary N) is 1. The molecule has 0 bridgehead atoms. The largest absolute Gasteiger partial charge is 0.375 e. The van der Waals surface area contributed by atoms with Crippen molar-refractivity contribution in [2.24, 2.45) is 0 Å². The number of benzene rings is 1. The van der Waals surface area contributed by atoms with Crippen LogP contribution < -0.4 is 5.32 Å². The van der Waals surface area contributed by atoms with Gasteiger partial charge in [0.2, 0.25) is 0 Å². The van der Waals surface area contributed by atoms with Crippen LogP contribution in [0.1, 0.15) is 31.2 Å². The lowest BCUT2D eigenvalue weighted by Crippen LogP contribution is -2.56. The van der Waals surface area contributed by atoms with E-state index in [4.69, 9.17) is 4.74 Å². The van der Waals surface area contributed by atoms with Gasteiger partial charge in [-0.2, -0.15) is 0 Å². The molecule has 3 heterocycles. The molecule has 4 nitrogen and oxygen atoms in total. The van der Waals surface area contributed by atoms with Gasteiger partial charge in [0, 0.05) is 45.4 Å². The summed E-state index contributed by atoms with van der Waals surface area (Å²) in [5, 5.41) is 3.48. The Balaban J connectivity index is 0.00000131. The van der Waals surface area contributed by atoms with Crippen molar-refractivity contribution in [2.75, 3.05) is 52.4 Å². The molecule has 0 saturated carbocycles. The van der Waals surface area contributed by atoms with E-state index in [1.165, 1.54) is 70.4 Å². The number of halogens is 2. The quantitative estimate of drug-likeness (QED) is 0.817. The van der Waals surface area contributed by atoms with Crippen molar-refractivity contribution in [1.29, 1.82) is 0 Å². The van der Waals surface area contributed by atoms with Gasteiger partial charge in [0.25, 0.3) is 0 Å². The number of piperazine rings is 1. The highest BCUT2D eigenvalue weighted by Crippen LogP contribution is 2.35. The molecule has 3 aliphatic rings. The lowest BCUT2D eigenvalue weighted by Gasteiger charge is -2.48. The van der Waals surface area contributed by atoms with Crippen LogP contribution >= 0.6 is 24.8 Å². The highest BCUT2D eigenvalue weighted by molar-refractivity contribution is 5.85. The van der Waals surface area contributed by atoms with Crippen LogP contribution in [0, 0.1) is 0 Å². The summed E-state index contributed by atoms with van der Waals surface area (Å²) >= 11 is 0. The van der Waals surface area contributed by atoms with Crippen LogP contribution in [0.3, 0.4) is 0 Å². The Morgan fingerprint density at radius 1 is 1.00 bits per heavy atom.